The Hall–Kier alpha value is -1.71. The van der Waals surface area contributed by atoms with E-state index in [-0.39, 0.29) is 9.92 Å². The van der Waals surface area contributed by atoms with Crippen molar-refractivity contribution >= 4 is 21.6 Å². The van der Waals surface area contributed by atoms with Gasteiger partial charge >= 0.3 is 0 Å². The Bertz CT molecular complexity index is 902. The minimum atomic E-state index is -3.83. The van der Waals surface area contributed by atoms with Crippen molar-refractivity contribution in [2.24, 2.45) is 5.14 Å². The van der Waals surface area contributed by atoms with E-state index < -0.39 is 15.8 Å². The molecule has 3 N–H and O–H groups in total. The summed E-state index contributed by atoms with van der Waals surface area (Å²) in [4.78, 5) is 2.20. The van der Waals surface area contributed by atoms with E-state index in [2.05, 4.69) is 10.2 Å². The van der Waals surface area contributed by atoms with Crippen molar-refractivity contribution in [2.45, 2.75) is 11.4 Å². The molecule has 0 saturated carbocycles. The van der Waals surface area contributed by atoms with Gasteiger partial charge in [-0.25, -0.2) is 17.9 Å². The lowest BCUT2D eigenvalue weighted by atomic mass is 10.1. The van der Waals surface area contributed by atoms with Crippen molar-refractivity contribution in [1.82, 2.24) is 10.2 Å². The monoisotopic (exact) mass is 399 g/mol. The van der Waals surface area contributed by atoms with Crippen molar-refractivity contribution in [1.29, 1.82) is 0 Å². The number of piperazine rings is 1. The third kappa shape index (κ3) is 4.72. The van der Waals surface area contributed by atoms with Gasteiger partial charge in [-0.1, -0.05) is 11.6 Å². The number of nitrogens with one attached hydrogen (secondary N) is 1. The summed E-state index contributed by atoms with van der Waals surface area (Å²) in [5.74, 6) is 0.296. The Labute approximate surface area is 156 Å². The van der Waals surface area contributed by atoms with Crippen LogP contribution in [0, 0.1) is 5.82 Å². The van der Waals surface area contributed by atoms with Crippen LogP contribution in [0.4, 0.5) is 4.39 Å². The van der Waals surface area contributed by atoms with E-state index >= 15 is 0 Å². The fourth-order valence-corrected chi connectivity index (χ4v) is 3.47. The summed E-state index contributed by atoms with van der Waals surface area (Å²) in [7, 11) is -3.83. The van der Waals surface area contributed by atoms with Gasteiger partial charge in [0.2, 0.25) is 10.0 Å². The average molecular weight is 400 g/mol. The van der Waals surface area contributed by atoms with E-state index in [1.54, 1.807) is 6.07 Å². The van der Waals surface area contributed by atoms with Crippen LogP contribution in [-0.2, 0) is 16.6 Å². The van der Waals surface area contributed by atoms with Gasteiger partial charge in [0.05, 0.1) is 9.92 Å². The summed E-state index contributed by atoms with van der Waals surface area (Å²) in [5, 5.41) is 8.46. The second kappa shape index (κ2) is 7.89. The zero-order valence-electron chi connectivity index (χ0n) is 13.9. The van der Waals surface area contributed by atoms with Crippen molar-refractivity contribution in [3.05, 3.63) is 52.8 Å². The lowest BCUT2D eigenvalue weighted by Crippen LogP contribution is -2.42. The molecular formula is C17H19ClFN3O3S. The highest BCUT2D eigenvalue weighted by atomic mass is 35.5. The number of rotatable bonds is 5. The first-order valence-electron chi connectivity index (χ1n) is 8.04. The fourth-order valence-electron chi connectivity index (χ4n) is 2.73. The minimum absolute atomic E-state index is 0.0205. The molecule has 140 valence electrons. The molecule has 26 heavy (non-hydrogen) atoms. The molecule has 0 amide bonds. The molecule has 0 atom stereocenters. The summed E-state index contributed by atoms with van der Waals surface area (Å²) in [6.07, 6.45) is 0. The summed E-state index contributed by atoms with van der Waals surface area (Å²) >= 11 is 5.79. The van der Waals surface area contributed by atoms with Gasteiger partial charge in [0, 0.05) is 44.4 Å². The molecule has 0 aliphatic carbocycles. The van der Waals surface area contributed by atoms with Gasteiger partial charge in [0.25, 0.3) is 0 Å². The van der Waals surface area contributed by atoms with Crippen LogP contribution in [0.5, 0.6) is 11.5 Å². The number of nitrogens with zero attached hydrogens (tertiary/aromatic N) is 1. The van der Waals surface area contributed by atoms with Crippen molar-refractivity contribution < 1.29 is 17.5 Å². The van der Waals surface area contributed by atoms with Crippen LogP contribution in [0.2, 0.25) is 5.02 Å². The summed E-state index contributed by atoms with van der Waals surface area (Å²) in [6.45, 7) is 3.90. The molecule has 0 spiro atoms. The normalized spacial score (nSPS) is 15.8. The summed E-state index contributed by atoms with van der Waals surface area (Å²) in [5.41, 5.74) is 0.680. The molecule has 0 unspecified atom stereocenters. The molecule has 0 bridgehead atoms. The Morgan fingerprint density at radius 2 is 1.92 bits per heavy atom. The summed E-state index contributed by atoms with van der Waals surface area (Å²) < 4.78 is 42.5. The number of halogens is 2. The molecule has 0 radical (unpaired) electrons. The lowest BCUT2D eigenvalue weighted by molar-refractivity contribution is 0.231. The highest BCUT2D eigenvalue weighted by Crippen LogP contribution is 2.30. The number of benzene rings is 2. The number of hydrogen-bond donors (Lipinski definition) is 2. The SMILES string of the molecule is NS(=O)(=O)c1ccc(Oc2ccc(F)c(Cl)c2)c(CN2CCNCC2)c1. The third-order valence-corrected chi connectivity index (χ3v) is 5.28. The molecular weight excluding hydrogens is 381 g/mol. The largest absolute Gasteiger partial charge is 0.457 e. The molecule has 1 aliphatic rings. The molecule has 2 aromatic carbocycles. The maximum absolute atomic E-state index is 13.3. The Balaban J connectivity index is 1.92. The number of nitrogens with two attached hydrogens (primary N) is 1. The predicted molar refractivity (Wildman–Crippen MR) is 97.4 cm³/mol. The lowest BCUT2D eigenvalue weighted by Gasteiger charge is -2.28. The second-order valence-electron chi connectivity index (χ2n) is 6.02. The molecule has 6 nitrogen and oxygen atoms in total. The smallest absolute Gasteiger partial charge is 0.238 e. The van der Waals surface area contributed by atoms with Crippen LogP contribution in [0.1, 0.15) is 5.56 Å². The molecule has 1 heterocycles. The van der Waals surface area contributed by atoms with E-state index in [9.17, 15) is 12.8 Å². The highest BCUT2D eigenvalue weighted by Gasteiger charge is 2.17. The average Bonchev–Trinajstić information content (AvgIpc) is 2.59. The fraction of sp³-hybridized carbons (Fsp3) is 0.294. The standard InChI is InChI=1S/C17H19ClFN3O3S/c18-15-10-13(1-3-16(15)19)25-17-4-2-14(26(20,23)24)9-12(17)11-22-7-5-21-6-8-22/h1-4,9-10,21H,5-8,11H2,(H2,20,23,24). The van der Waals surface area contributed by atoms with Crippen LogP contribution < -0.4 is 15.2 Å². The van der Waals surface area contributed by atoms with Crippen molar-refractivity contribution in [3.63, 3.8) is 0 Å². The zero-order valence-corrected chi connectivity index (χ0v) is 15.5. The molecule has 1 saturated heterocycles. The van der Waals surface area contributed by atoms with Gasteiger partial charge in [0.1, 0.15) is 17.3 Å². The molecule has 0 aromatic heterocycles. The maximum atomic E-state index is 13.3. The first kappa shape index (κ1) is 19.1. The number of primary sulfonamides is 1. The molecule has 9 heteroatoms. The minimum Gasteiger partial charge on any atom is -0.457 e. The van der Waals surface area contributed by atoms with Gasteiger partial charge in [-0.15, -0.1) is 0 Å². The van der Waals surface area contributed by atoms with Gasteiger partial charge in [-0.3, -0.25) is 4.90 Å². The van der Waals surface area contributed by atoms with E-state index in [1.807, 2.05) is 0 Å². The topological polar surface area (TPSA) is 84.7 Å². The third-order valence-electron chi connectivity index (χ3n) is 4.08. The van der Waals surface area contributed by atoms with E-state index in [1.165, 1.54) is 30.3 Å². The molecule has 2 aromatic rings. The zero-order chi connectivity index (χ0) is 18.7. The Morgan fingerprint density at radius 1 is 1.19 bits per heavy atom. The Morgan fingerprint density at radius 3 is 2.58 bits per heavy atom. The van der Waals surface area contributed by atoms with Crippen LogP contribution in [0.25, 0.3) is 0 Å². The van der Waals surface area contributed by atoms with E-state index in [0.717, 1.165) is 26.2 Å². The van der Waals surface area contributed by atoms with Crippen LogP contribution in [0.3, 0.4) is 0 Å². The number of sulfonamides is 1. The quantitative estimate of drug-likeness (QED) is 0.806. The van der Waals surface area contributed by atoms with Gasteiger partial charge < -0.3 is 10.1 Å². The molecule has 3 rings (SSSR count). The van der Waals surface area contributed by atoms with Crippen LogP contribution >= 0.6 is 11.6 Å². The van der Waals surface area contributed by atoms with Gasteiger partial charge in [-0.05, 0) is 30.3 Å². The molecule has 1 fully saturated rings. The van der Waals surface area contributed by atoms with Crippen LogP contribution in [-0.4, -0.2) is 39.5 Å². The molecule has 1 aliphatic heterocycles. The van der Waals surface area contributed by atoms with Crippen molar-refractivity contribution in [2.75, 3.05) is 26.2 Å². The second-order valence-corrected chi connectivity index (χ2v) is 7.99. The first-order chi connectivity index (χ1) is 12.3. The maximum Gasteiger partial charge on any atom is 0.238 e. The first-order valence-corrected chi connectivity index (χ1v) is 9.97. The van der Waals surface area contributed by atoms with Crippen molar-refractivity contribution in [3.8, 4) is 11.5 Å². The number of ether oxygens (including phenoxy) is 1. The van der Waals surface area contributed by atoms with Crippen LogP contribution in [0.15, 0.2) is 41.3 Å². The van der Waals surface area contributed by atoms with E-state index in [0.29, 0.717) is 23.6 Å². The van der Waals surface area contributed by atoms with Gasteiger partial charge in [0.15, 0.2) is 0 Å². The number of hydrogen-bond acceptors (Lipinski definition) is 5. The highest BCUT2D eigenvalue weighted by molar-refractivity contribution is 7.89. The summed E-state index contributed by atoms with van der Waals surface area (Å²) in [6, 6.07) is 8.50. The van der Waals surface area contributed by atoms with E-state index in [4.69, 9.17) is 21.5 Å². The predicted octanol–water partition coefficient (Wildman–Crippen LogP) is 2.32. The van der Waals surface area contributed by atoms with Gasteiger partial charge in [-0.2, -0.15) is 0 Å². The Kier molecular flexibility index (Phi) is 5.79.